The van der Waals surface area contributed by atoms with E-state index in [9.17, 15) is 4.79 Å². The molecule has 1 unspecified atom stereocenters. The van der Waals surface area contributed by atoms with Crippen molar-refractivity contribution >= 4 is 11.7 Å². The Kier molecular flexibility index (Phi) is 3.33. The Morgan fingerprint density at radius 1 is 1.59 bits per heavy atom. The molecular formula is C13H18N2O2. The van der Waals surface area contributed by atoms with Crippen molar-refractivity contribution in [3.63, 3.8) is 0 Å². The van der Waals surface area contributed by atoms with E-state index in [4.69, 9.17) is 10.8 Å². The van der Waals surface area contributed by atoms with Crippen molar-refractivity contribution in [3.8, 4) is 0 Å². The van der Waals surface area contributed by atoms with E-state index in [1.165, 1.54) is 11.3 Å². The van der Waals surface area contributed by atoms with Crippen LogP contribution in [0.1, 0.15) is 23.5 Å². The Morgan fingerprint density at radius 2 is 2.35 bits per heavy atom. The molecule has 1 aromatic carbocycles. The van der Waals surface area contributed by atoms with Crippen LogP contribution in [0, 0.1) is 0 Å². The summed E-state index contributed by atoms with van der Waals surface area (Å²) in [7, 11) is 2.07. The number of hydrogen-bond donors (Lipinski definition) is 2. The van der Waals surface area contributed by atoms with E-state index in [1.807, 2.05) is 6.07 Å². The van der Waals surface area contributed by atoms with Gasteiger partial charge < -0.3 is 15.7 Å². The van der Waals surface area contributed by atoms with Crippen molar-refractivity contribution in [3.05, 3.63) is 29.3 Å². The first-order valence-electron chi connectivity index (χ1n) is 5.87. The highest BCUT2D eigenvalue weighted by molar-refractivity contribution is 5.68. The molecule has 0 aromatic heterocycles. The molecule has 0 saturated heterocycles. The second-order valence-electron chi connectivity index (χ2n) is 4.59. The van der Waals surface area contributed by atoms with Gasteiger partial charge in [0.15, 0.2) is 0 Å². The highest BCUT2D eigenvalue weighted by atomic mass is 16.4. The number of nitrogens with two attached hydrogens (primary N) is 1. The molecule has 0 saturated carbocycles. The number of hydrogen-bond acceptors (Lipinski definition) is 3. The lowest BCUT2D eigenvalue weighted by Crippen LogP contribution is -2.16. The Balaban J connectivity index is 2.24. The van der Waals surface area contributed by atoms with Gasteiger partial charge in [-0.2, -0.15) is 0 Å². The quantitative estimate of drug-likeness (QED) is 0.821. The number of anilines is 1. The lowest BCUT2D eigenvalue weighted by molar-refractivity contribution is -0.137. The molecule has 4 nitrogen and oxygen atoms in total. The van der Waals surface area contributed by atoms with Crippen LogP contribution in [-0.2, 0) is 11.2 Å². The van der Waals surface area contributed by atoms with Gasteiger partial charge in [-0.25, -0.2) is 0 Å². The summed E-state index contributed by atoms with van der Waals surface area (Å²) in [5.74, 6) is -0.873. The molecule has 0 radical (unpaired) electrons. The van der Waals surface area contributed by atoms with Crippen molar-refractivity contribution in [2.24, 2.45) is 5.73 Å². The van der Waals surface area contributed by atoms with Crippen LogP contribution in [0.25, 0.3) is 0 Å². The summed E-state index contributed by atoms with van der Waals surface area (Å²) in [6, 6.07) is 6.18. The summed E-state index contributed by atoms with van der Waals surface area (Å²) in [6.45, 7) is 1.41. The normalized spacial score (nSPS) is 15.8. The Labute approximate surface area is 101 Å². The van der Waals surface area contributed by atoms with Crippen molar-refractivity contribution in [2.75, 3.05) is 25.0 Å². The van der Waals surface area contributed by atoms with E-state index in [1.54, 1.807) is 0 Å². The van der Waals surface area contributed by atoms with Gasteiger partial charge in [0, 0.05) is 25.2 Å². The first-order chi connectivity index (χ1) is 8.11. The topological polar surface area (TPSA) is 66.6 Å². The van der Waals surface area contributed by atoms with Gasteiger partial charge in [0.05, 0.1) is 6.42 Å². The largest absolute Gasteiger partial charge is 0.481 e. The van der Waals surface area contributed by atoms with Crippen LogP contribution < -0.4 is 10.6 Å². The summed E-state index contributed by atoms with van der Waals surface area (Å²) >= 11 is 0. The Bertz CT molecular complexity index is 431. The Hall–Kier alpha value is -1.55. The molecule has 1 aromatic rings. The third kappa shape index (κ3) is 2.42. The fourth-order valence-corrected chi connectivity index (χ4v) is 2.39. The molecule has 17 heavy (non-hydrogen) atoms. The summed E-state index contributed by atoms with van der Waals surface area (Å²) in [5.41, 5.74) is 9.25. The highest BCUT2D eigenvalue weighted by Crippen LogP contribution is 2.30. The third-order valence-corrected chi connectivity index (χ3v) is 3.41. The first-order valence-corrected chi connectivity index (χ1v) is 5.87. The maximum atomic E-state index is 10.8. The van der Waals surface area contributed by atoms with Gasteiger partial charge in [-0.1, -0.05) is 12.1 Å². The van der Waals surface area contributed by atoms with Crippen LogP contribution in [0.5, 0.6) is 0 Å². The monoisotopic (exact) mass is 234 g/mol. The summed E-state index contributed by atoms with van der Waals surface area (Å²) < 4.78 is 0. The smallest absolute Gasteiger partial charge is 0.304 e. The lowest BCUT2D eigenvalue weighted by Gasteiger charge is -2.16. The predicted octanol–water partition coefficient (Wildman–Crippen LogP) is 1.20. The molecule has 1 aliphatic rings. The molecule has 4 heteroatoms. The lowest BCUT2D eigenvalue weighted by atomic mass is 9.94. The molecule has 0 bridgehead atoms. The minimum Gasteiger partial charge on any atom is -0.481 e. The standard InChI is InChI=1S/C13H18N2O2/c1-15-5-4-10-6-9(2-3-12(10)15)11(8-14)7-13(16)17/h2-3,6,11H,4-5,7-8,14H2,1H3,(H,16,17). The number of nitrogens with zero attached hydrogens (tertiary/aromatic N) is 1. The fourth-order valence-electron chi connectivity index (χ4n) is 2.39. The first kappa shape index (κ1) is 11.9. The number of carbonyl (C=O) groups is 1. The summed E-state index contributed by atoms with van der Waals surface area (Å²) in [6.07, 6.45) is 1.13. The summed E-state index contributed by atoms with van der Waals surface area (Å²) in [5, 5.41) is 8.85. The molecule has 2 rings (SSSR count). The van der Waals surface area contributed by atoms with E-state index in [2.05, 4.69) is 24.1 Å². The van der Waals surface area contributed by atoms with Gasteiger partial charge in [0.2, 0.25) is 0 Å². The van der Waals surface area contributed by atoms with Gasteiger partial charge >= 0.3 is 5.97 Å². The number of fused-ring (bicyclic) bond motifs is 1. The van der Waals surface area contributed by atoms with Crippen LogP contribution in [0.3, 0.4) is 0 Å². The number of carboxylic acids is 1. The number of carboxylic acid groups (broad SMARTS) is 1. The van der Waals surface area contributed by atoms with Crippen LogP contribution in [-0.4, -0.2) is 31.2 Å². The van der Waals surface area contributed by atoms with Crippen LogP contribution >= 0.6 is 0 Å². The molecule has 0 spiro atoms. The van der Waals surface area contributed by atoms with Crippen LogP contribution in [0.2, 0.25) is 0 Å². The second-order valence-corrected chi connectivity index (χ2v) is 4.59. The predicted molar refractivity (Wildman–Crippen MR) is 67.5 cm³/mol. The van der Waals surface area contributed by atoms with Crippen molar-refractivity contribution in [1.29, 1.82) is 0 Å². The van der Waals surface area contributed by atoms with Crippen LogP contribution in [0.15, 0.2) is 18.2 Å². The molecular weight excluding hydrogens is 216 g/mol. The van der Waals surface area contributed by atoms with Gasteiger partial charge in [0.1, 0.15) is 0 Å². The minimum absolute atomic E-state index is 0.0799. The molecule has 3 N–H and O–H groups in total. The number of likely N-dealkylation sites (N-methyl/N-ethyl adjacent to an activating group) is 1. The average Bonchev–Trinajstić information content (AvgIpc) is 2.67. The molecule has 92 valence electrons. The zero-order valence-corrected chi connectivity index (χ0v) is 10.0. The van der Waals surface area contributed by atoms with Crippen molar-refractivity contribution in [1.82, 2.24) is 0 Å². The number of aliphatic carboxylic acids is 1. The van der Waals surface area contributed by atoms with Crippen molar-refractivity contribution in [2.45, 2.75) is 18.8 Å². The number of rotatable bonds is 4. The molecule has 0 aliphatic carbocycles. The minimum atomic E-state index is -0.793. The number of benzene rings is 1. The maximum absolute atomic E-state index is 10.8. The summed E-state index contributed by atoms with van der Waals surface area (Å²) in [4.78, 5) is 13.0. The van der Waals surface area contributed by atoms with E-state index < -0.39 is 5.97 Å². The average molecular weight is 234 g/mol. The molecule has 1 aliphatic heterocycles. The molecule has 0 fully saturated rings. The van der Waals surface area contributed by atoms with Gasteiger partial charge in [-0.3, -0.25) is 4.79 Å². The second kappa shape index (κ2) is 4.75. The van der Waals surface area contributed by atoms with E-state index in [-0.39, 0.29) is 12.3 Å². The fraction of sp³-hybridized carbons (Fsp3) is 0.462. The van der Waals surface area contributed by atoms with Crippen molar-refractivity contribution < 1.29 is 9.90 Å². The van der Waals surface area contributed by atoms with E-state index in [0.717, 1.165) is 18.5 Å². The zero-order chi connectivity index (χ0) is 12.4. The Morgan fingerprint density at radius 3 is 3.00 bits per heavy atom. The van der Waals surface area contributed by atoms with Gasteiger partial charge in [-0.05, 0) is 30.2 Å². The zero-order valence-electron chi connectivity index (χ0n) is 10.0. The molecule has 1 atom stereocenters. The maximum Gasteiger partial charge on any atom is 0.304 e. The van der Waals surface area contributed by atoms with Gasteiger partial charge in [0.25, 0.3) is 0 Å². The highest BCUT2D eigenvalue weighted by Gasteiger charge is 2.19. The van der Waals surface area contributed by atoms with E-state index in [0.29, 0.717) is 6.54 Å². The van der Waals surface area contributed by atoms with Crippen LogP contribution in [0.4, 0.5) is 5.69 Å². The SMILES string of the molecule is CN1CCc2cc(C(CN)CC(=O)O)ccc21. The molecule has 1 heterocycles. The third-order valence-electron chi connectivity index (χ3n) is 3.41. The van der Waals surface area contributed by atoms with E-state index >= 15 is 0 Å². The van der Waals surface area contributed by atoms with Gasteiger partial charge in [-0.15, -0.1) is 0 Å². The molecule has 0 amide bonds.